The van der Waals surface area contributed by atoms with Crippen LogP contribution in [0.25, 0.3) is 0 Å². The number of carbonyl (C=O) groups excluding carboxylic acids is 3. The molecule has 0 fully saturated rings. The third-order valence-corrected chi connectivity index (χ3v) is 3.48. The van der Waals surface area contributed by atoms with Gasteiger partial charge in [0.1, 0.15) is 5.78 Å². The lowest BCUT2D eigenvalue weighted by atomic mass is 9.97. The van der Waals surface area contributed by atoms with Crippen molar-refractivity contribution in [2.75, 3.05) is 6.54 Å². The molecule has 0 saturated heterocycles. The van der Waals surface area contributed by atoms with Gasteiger partial charge >= 0.3 is 0 Å². The van der Waals surface area contributed by atoms with Crippen molar-refractivity contribution in [3.05, 3.63) is 12.2 Å². The number of amides is 2. The Kier molecular flexibility index (Phi) is 6.46. The molecular weight excluding hydrogens is 242 g/mol. The normalized spacial score (nSPS) is 16.2. The number of rotatable bonds is 9. The van der Waals surface area contributed by atoms with E-state index in [1.54, 1.807) is 0 Å². The number of carbonyl (C=O) groups is 3. The maximum absolute atomic E-state index is 11.7. The minimum Gasteiger partial charge on any atom is -0.299 e. The molecule has 4 heteroatoms. The fourth-order valence-corrected chi connectivity index (χ4v) is 2.24. The van der Waals surface area contributed by atoms with Crippen LogP contribution in [0.3, 0.4) is 0 Å². The molecule has 0 saturated carbocycles. The molecule has 0 N–H and O–H groups in total. The molecule has 4 nitrogen and oxygen atoms in total. The highest BCUT2D eigenvalue weighted by atomic mass is 16.2. The van der Waals surface area contributed by atoms with Gasteiger partial charge in [0, 0.05) is 31.0 Å². The average Bonchev–Trinajstić information content (AvgIpc) is 2.69. The van der Waals surface area contributed by atoms with Gasteiger partial charge in [-0.25, -0.2) is 0 Å². The molecule has 0 aromatic carbocycles. The van der Waals surface area contributed by atoms with E-state index < -0.39 is 0 Å². The maximum Gasteiger partial charge on any atom is 0.253 e. The van der Waals surface area contributed by atoms with Gasteiger partial charge in [0.25, 0.3) is 11.8 Å². The van der Waals surface area contributed by atoms with Crippen LogP contribution in [0.2, 0.25) is 0 Å². The first-order valence-electron chi connectivity index (χ1n) is 7.12. The van der Waals surface area contributed by atoms with Gasteiger partial charge in [-0.1, -0.05) is 26.7 Å². The molecule has 2 amide bonds. The van der Waals surface area contributed by atoms with Crippen molar-refractivity contribution in [1.29, 1.82) is 0 Å². The molecule has 0 bridgehead atoms. The third-order valence-electron chi connectivity index (χ3n) is 3.48. The fourth-order valence-electron chi connectivity index (χ4n) is 2.24. The molecule has 1 unspecified atom stereocenters. The number of nitrogens with zero attached hydrogens (tertiary/aromatic N) is 1. The van der Waals surface area contributed by atoms with Gasteiger partial charge < -0.3 is 0 Å². The van der Waals surface area contributed by atoms with Gasteiger partial charge in [-0.3, -0.25) is 19.3 Å². The lowest BCUT2D eigenvalue weighted by Gasteiger charge is -2.13. The Morgan fingerprint density at radius 1 is 1.16 bits per heavy atom. The molecule has 1 aliphatic rings. The Labute approximate surface area is 114 Å². The number of hydrogen-bond donors (Lipinski definition) is 0. The first-order chi connectivity index (χ1) is 9.06. The van der Waals surface area contributed by atoms with Gasteiger partial charge in [-0.05, 0) is 19.3 Å². The third kappa shape index (κ3) is 4.97. The molecule has 1 rings (SSSR count). The van der Waals surface area contributed by atoms with Crippen LogP contribution in [0.1, 0.15) is 52.4 Å². The predicted octanol–water partition coefficient (Wildman–Crippen LogP) is 2.48. The number of unbranched alkanes of at least 4 members (excludes halogenated alkanes) is 2. The zero-order valence-electron chi connectivity index (χ0n) is 11.9. The summed E-state index contributed by atoms with van der Waals surface area (Å²) in [6, 6.07) is 0. The minimum absolute atomic E-state index is 0.163. The van der Waals surface area contributed by atoms with E-state index in [9.17, 15) is 14.4 Å². The zero-order valence-corrected chi connectivity index (χ0v) is 11.9. The van der Waals surface area contributed by atoms with Gasteiger partial charge in [0.05, 0.1) is 0 Å². The van der Waals surface area contributed by atoms with Crippen molar-refractivity contribution in [3.8, 4) is 0 Å². The minimum atomic E-state index is -0.224. The van der Waals surface area contributed by atoms with Crippen molar-refractivity contribution < 1.29 is 14.4 Å². The first kappa shape index (κ1) is 15.6. The van der Waals surface area contributed by atoms with Crippen LogP contribution in [0, 0.1) is 5.92 Å². The Morgan fingerprint density at radius 2 is 1.79 bits per heavy atom. The number of Topliss-reactive ketones (excluding diaryl/α,β-unsaturated/α-hetero) is 1. The molecule has 0 radical (unpaired) electrons. The summed E-state index contributed by atoms with van der Waals surface area (Å²) in [7, 11) is 0. The Bertz CT molecular complexity index is 356. The average molecular weight is 265 g/mol. The van der Waals surface area contributed by atoms with E-state index >= 15 is 0 Å². The summed E-state index contributed by atoms with van der Waals surface area (Å²) in [4.78, 5) is 35.5. The lowest BCUT2D eigenvalue weighted by Crippen LogP contribution is -2.30. The van der Waals surface area contributed by atoms with Crippen molar-refractivity contribution in [3.63, 3.8) is 0 Å². The summed E-state index contributed by atoms with van der Waals surface area (Å²) in [5.41, 5.74) is 0. The second kappa shape index (κ2) is 7.87. The van der Waals surface area contributed by atoms with E-state index in [4.69, 9.17) is 0 Å². The molecule has 106 valence electrons. The molecule has 19 heavy (non-hydrogen) atoms. The standard InChI is InChI=1S/C15H23NO3/c1-3-7-12(2)13(17)8-5-4-6-11-16-14(18)9-10-15(16)19/h9-10,12H,3-8,11H2,1-2H3. The van der Waals surface area contributed by atoms with E-state index in [1.165, 1.54) is 17.1 Å². The summed E-state index contributed by atoms with van der Waals surface area (Å²) in [5.74, 6) is 0.0445. The highest BCUT2D eigenvalue weighted by molar-refractivity contribution is 6.12. The Balaban J connectivity index is 2.10. The van der Waals surface area contributed by atoms with Crippen LogP contribution in [-0.2, 0) is 14.4 Å². The van der Waals surface area contributed by atoms with E-state index in [1.807, 2.05) is 6.92 Å². The van der Waals surface area contributed by atoms with E-state index in [-0.39, 0.29) is 17.7 Å². The summed E-state index contributed by atoms with van der Waals surface area (Å²) in [6.45, 7) is 4.53. The smallest absolute Gasteiger partial charge is 0.253 e. The molecule has 0 aliphatic carbocycles. The predicted molar refractivity (Wildman–Crippen MR) is 73.4 cm³/mol. The van der Waals surface area contributed by atoms with Crippen LogP contribution in [0.4, 0.5) is 0 Å². The van der Waals surface area contributed by atoms with Crippen molar-refractivity contribution in [2.45, 2.75) is 52.4 Å². The van der Waals surface area contributed by atoms with E-state index in [0.717, 1.165) is 32.1 Å². The second-order valence-corrected chi connectivity index (χ2v) is 5.13. The SMILES string of the molecule is CCCC(C)C(=O)CCCCCN1C(=O)C=CC1=O. The summed E-state index contributed by atoms with van der Waals surface area (Å²) >= 11 is 0. The number of ketones is 1. The molecule has 1 aliphatic heterocycles. The largest absolute Gasteiger partial charge is 0.299 e. The topological polar surface area (TPSA) is 54.5 Å². The van der Waals surface area contributed by atoms with Gasteiger partial charge in [-0.15, -0.1) is 0 Å². The van der Waals surface area contributed by atoms with E-state index in [0.29, 0.717) is 18.7 Å². The van der Waals surface area contributed by atoms with Crippen molar-refractivity contribution in [2.24, 2.45) is 5.92 Å². The fraction of sp³-hybridized carbons (Fsp3) is 0.667. The van der Waals surface area contributed by atoms with Crippen molar-refractivity contribution in [1.82, 2.24) is 4.90 Å². The van der Waals surface area contributed by atoms with Gasteiger partial charge in [0.15, 0.2) is 0 Å². The molecule has 0 aromatic heterocycles. The van der Waals surface area contributed by atoms with Crippen LogP contribution >= 0.6 is 0 Å². The highest BCUT2D eigenvalue weighted by Crippen LogP contribution is 2.12. The summed E-state index contributed by atoms with van der Waals surface area (Å²) in [5, 5.41) is 0. The monoisotopic (exact) mass is 265 g/mol. The van der Waals surface area contributed by atoms with Crippen molar-refractivity contribution >= 4 is 17.6 Å². The van der Waals surface area contributed by atoms with E-state index in [2.05, 4.69) is 6.92 Å². The number of imide groups is 1. The van der Waals surface area contributed by atoms with Crippen LogP contribution in [0.5, 0.6) is 0 Å². The highest BCUT2D eigenvalue weighted by Gasteiger charge is 2.22. The van der Waals surface area contributed by atoms with Gasteiger partial charge in [-0.2, -0.15) is 0 Å². The molecule has 0 aromatic rings. The molecular formula is C15H23NO3. The zero-order chi connectivity index (χ0) is 14.3. The lowest BCUT2D eigenvalue weighted by molar-refractivity contribution is -0.137. The van der Waals surface area contributed by atoms with Crippen LogP contribution in [-0.4, -0.2) is 29.0 Å². The molecule has 1 atom stereocenters. The van der Waals surface area contributed by atoms with Crippen LogP contribution in [0.15, 0.2) is 12.2 Å². The maximum atomic E-state index is 11.7. The van der Waals surface area contributed by atoms with Gasteiger partial charge in [0.2, 0.25) is 0 Å². The first-order valence-corrected chi connectivity index (χ1v) is 7.12. The number of hydrogen-bond acceptors (Lipinski definition) is 3. The Hall–Kier alpha value is -1.45. The molecule has 0 spiro atoms. The quantitative estimate of drug-likeness (QED) is 0.475. The second-order valence-electron chi connectivity index (χ2n) is 5.13. The summed E-state index contributed by atoms with van der Waals surface area (Å²) < 4.78 is 0. The van der Waals surface area contributed by atoms with Crippen LogP contribution < -0.4 is 0 Å². The molecule has 1 heterocycles. The summed E-state index contributed by atoms with van der Waals surface area (Å²) in [6.07, 6.45) is 7.71. The Morgan fingerprint density at radius 3 is 2.37 bits per heavy atom.